The van der Waals surface area contributed by atoms with Crippen LogP contribution in [0.15, 0.2) is 30.5 Å². The zero-order valence-electron chi connectivity index (χ0n) is 17.3. The lowest BCUT2D eigenvalue weighted by atomic mass is 9.94. The van der Waals surface area contributed by atoms with E-state index in [4.69, 9.17) is 12.2 Å². The van der Waals surface area contributed by atoms with Crippen molar-refractivity contribution in [3.05, 3.63) is 53.1 Å². The summed E-state index contributed by atoms with van der Waals surface area (Å²) in [7, 11) is 0. The molecular formula is C23H32N4S. The van der Waals surface area contributed by atoms with E-state index in [-0.39, 0.29) is 12.1 Å². The summed E-state index contributed by atoms with van der Waals surface area (Å²) in [5.74, 6) is 0. The molecule has 0 amide bonds. The molecule has 2 aromatic heterocycles. The SMILES string of the molecule is CCCN1C(=S)N[C@@H](c2ccccn2)[C@@H]1c1cc(C)n(C2CCCCC2)c1C. The Bertz CT molecular complexity index is 823. The van der Waals surface area contributed by atoms with E-state index >= 15 is 0 Å². The minimum atomic E-state index is 0.0977. The second kappa shape index (κ2) is 8.24. The number of aromatic nitrogens is 2. The average molecular weight is 397 g/mol. The highest BCUT2D eigenvalue weighted by atomic mass is 32.1. The molecule has 2 aromatic rings. The second-order valence-electron chi connectivity index (χ2n) is 8.31. The zero-order valence-corrected chi connectivity index (χ0v) is 18.1. The van der Waals surface area contributed by atoms with Gasteiger partial charge in [-0.05, 0) is 69.1 Å². The Balaban J connectivity index is 1.76. The van der Waals surface area contributed by atoms with Crippen LogP contribution in [0.3, 0.4) is 0 Å². The van der Waals surface area contributed by atoms with Gasteiger partial charge in [-0.3, -0.25) is 4.98 Å². The third kappa shape index (κ3) is 3.45. The van der Waals surface area contributed by atoms with Gasteiger partial charge in [-0.15, -0.1) is 0 Å². The van der Waals surface area contributed by atoms with Gasteiger partial charge in [-0.25, -0.2) is 0 Å². The van der Waals surface area contributed by atoms with Crippen molar-refractivity contribution in [2.24, 2.45) is 0 Å². The van der Waals surface area contributed by atoms with Crippen LogP contribution in [0.2, 0.25) is 0 Å². The fourth-order valence-electron chi connectivity index (χ4n) is 5.23. The average Bonchev–Trinajstić information content (AvgIpc) is 3.19. The Labute approximate surface area is 174 Å². The summed E-state index contributed by atoms with van der Waals surface area (Å²) in [4.78, 5) is 7.04. The summed E-state index contributed by atoms with van der Waals surface area (Å²) >= 11 is 5.75. The molecule has 2 aliphatic rings. The molecule has 0 radical (unpaired) electrons. The number of hydrogen-bond acceptors (Lipinski definition) is 2. The van der Waals surface area contributed by atoms with Crippen LogP contribution in [-0.2, 0) is 0 Å². The number of thiocarbonyl (C=S) groups is 1. The molecule has 0 unspecified atom stereocenters. The van der Waals surface area contributed by atoms with Gasteiger partial charge in [0.1, 0.15) is 0 Å². The lowest BCUT2D eigenvalue weighted by Crippen LogP contribution is -2.30. The first-order valence-corrected chi connectivity index (χ1v) is 11.2. The topological polar surface area (TPSA) is 33.1 Å². The molecule has 4 rings (SSSR count). The van der Waals surface area contributed by atoms with Crippen LogP contribution in [-0.4, -0.2) is 26.1 Å². The third-order valence-electron chi connectivity index (χ3n) is 6.44. The lowest BCUT2D eigenvalue weighted by molar-refractivity contribution is 0.312. The molecule has 1 saturated heterocycles. The van der Waals surface area contributed by atoms with E-state index in [1.165, 1.54) is 49.1 Å². The zero-order chi connectivity index (χ0) is 19.7. The van der Waals surface area contributed by atoms with Gasteiger partial charge in [0.2, 0.25) is 0 Å². The molecule has 5 heteroatoms. The Morgan fingerprint density at radius 2 is 1.96 bits per heavy atom. The van der Waals surface area contributed by atoms with Gasteiger partial charge in [0, 0.05) is 30.2 Å². The maximum atomic E-state index is 5.75. The molecule has 0 bridgehead atoms. The highest BCUT2D eigenvalue weighted by Gasteiger charge is 2.41. The molecule has 3 heterocycles. The number of pyridine rings is 1. The van der Waals surface area contributed by atoms with E-state index < -0.39 is 0 Å². The monoisotopic (exact) mass is 396 g/mol. The van der Waals surface area contributed by atoms with Gasteiger partial charge >= 0.3 is 0 Å². The van der Waals surface area contributed by atoms with Gasteiger partial charge in [-0.1, -0.05) is 32.3 Å². The van der Waals surface area contributed by atoms with Crippen LogP contribution in [0.25, 0.3) is 0 Å². The normalized spacial score (nSPS) is 23.2. The number of rotatable bonds is 5. The Morgan fingerprint density at radius 3 is 2.64 bits per heavy atom. The van der Waals surface area contributed by atoms with E-state index in [9.17, 15) is 0 Å². The molecule has 150 valence electrons. The lowest BCUT2D eigenvalue weighted by Gasteiger charge is -2.29. The molecule has 1 aliphatic heterocycles. The molecule has 2 atom stereocenters. The molecular weight excluding hydrogens is 364 g/mol. The molecule has 4 nitrogen and oxygen atoms in total. The molecule has 2 fully saturated rings. The Hall–Kier alpha value is -1.88. The van der Waals surface area contributed by atoms with Gasteiger partial charge < -0.3 is 14.8 Å². The van der Waals surface area contributed by atoms with E-state index in [0.717, 1.165) is 23.8 Å². The third-order valence-corrected chi connectivity index (χ3v) is 6.80. The number of nitrogens with zero attached hydrogens (tertiary/aromatic N) is 3. The first kappa shape index (κ1) is 19.4. The van der Waals surface area contributed by atoms with Crippen molar-refractivity contribution in [1.29, 1.82) is 0 Å². The number of aryl methyl sites for hydroxylation is 1. The van der Waals surface area contributed by atoms with Crippen LogP contribution in [0, 0.1) is 13.8 Å². The highest BCUT2D eigenvalue weighted by Crippen LogP contribution is 2.42. The van der Waals surface area contributed by atoms with Crippen molar-refractivity contribution in [3.8, 4) is 0 Å². The van der Waals surface area contributed by atoms with Crippen molar-refractivity contribution in [2.75, 3.05) is 6.54 Å². The van der Waals surface area contributed by atoms with Gasteiger partial charge in [0.25, 0.3) is 0 Å². The van der Waals surface area contributed by atoms with E-state index in [1.54, 1.807) is 0 Å². The van der Waals surface area contributed by atoms with Crippen LogP contribution in [0.4, 0.5) is 0 Å². The van der Waals surface area contributed by atoms with Crippen molar-refractivity contribution in [2.45, 2.75) is 77.4 Å². The molecule has 0 aromatic carbocycles. The van der Waals surface area contributed by atoms with Crippen molar-refractivity contribution < 1.29 is 0 Å². The largest absolute Gasteiger partial charge is 0.352 e. The smallest absolute Gasteiger partial charge is 0.170 e. The maximum absolute atomic E-state index is 5.75. The summed E-state index contributed by atoms with van der Waals surface area (Å²) in [6, 6.07) is 9.51. The van der Waals surface area contributed by atoms with Crippen molar-refractivity contribution >= 4 is 17.3 Å². The predicted octanol–water partition coefficient (Wildman–Crippen LogP) is 5.39. The molecule has 1 aliphatic carbocycles. The molecule has 1 N–H and O–H groups in total. The fraction of sp³-hybridized carbons (Fsp3) is 0.565. The van der Waals surface area contributed by atoms with Crippen molar-refractivity contribution in [1.82, 2.24) is 19.8 Å². The molecule has 28 heavy (non-hydrogen) atoms. The number of hydrogen-bond donors (Lipinski definition) is 1. The fourth-order valence-corrected chi connectivity index (χ4v) is 5.56. The van der Waals surface area contributed by atoms with E-state index in [0.29, 0.717) is 6.04 Å². The molecule has 1 saturated carbocycles. The molecule has 0 spiro atoms. The summed E-state index contributed by atoms with van der Waals surface area (Å²) in [6.07, 6.45) is 9.66. The quantitative estimate of drug-likeness (QED) is 0.687. The standard InChI is InChI=1S/C23H32N4S/c1-4-14-26-22(21(25-23(26)28)20-12-8-9-13-24-20)19-15-16(2)27(17(19)3)18-10-6-5-7-11-18/h8-9,12-13,15,18,21-22H,4-7,10-11,14H2,1-3H3,(H,25,28)/t21-,22-/m0/s1. The first-order chi connectivity index (χ1) is 13.6. The summed E-state index contributed by atoms with van der Waals surface area (Å²) < 4.78 is 2.61. The van der Waals surface area contributed by atoms with E-state index in [2.05, 4.69) is 58.7 Å². The van der Waals surface area contributed by atoms with Gasteiger partial charge in [0.15, 0.2) is 5.11 Å². The van der Waals surface area contributed by atoms with E-state index in [1.807, 2.05) is 12.3 Å². The van der Waals surface area contributed by atoms with Crippen LogP contribution in [0.5, 0.6) is 0 Å². The first-order valence-electron chi connectivity index (χ1n) is 10.8. The highest BCUT2D eigenvalue weighted by molar-refractivity contribution is 7.80. The van der Waals surface area contributed by atoms with Crippen LogP contribution >= 0.6 is 12.2 Å². The predicted molar refractivity (Wildman–Crippen MR) is 118 cm³/mol. The van der Waals surface area contributed by atoms with Gasteiger partial charge in [0.05, 0.1) is 17.8 Å². The van der Waals surface area contributed by atoms with Crippen LogP contribution in [0.1, 0.15) is 86.2 Å². The summed E-state index contributed by atoms with van der Waals surface area (Å²) in [5, 5.41) is 4.43. The Morgan fingerprint density at radius 1 is 1.18 bits per heavy atom. The maximum Gasteiger partial charge on any atom is 0.170 e. The summed E-state index contributed by atoms with van der Waals surface area (Å²) in [5.41, 5.74) is 5.26. The van der Waals surface area contributed by atoms with Crippen molar-refractivity contribution in [3.63, 3.8) is 0 Å². The summed E-state index contributed by atoms with van der Waals surface area (Å²) in [6.45, 7) is 7.76. The van der Waals surface area contributed by atoms with Gasteiger partial charge in [-0.2, -0.15) is 0 Å². The second-order valence-corrected chi connectivity index (χ2v) is 8.70. The minimum Gasteiger partial charge on any atom is -0.352 e. The Kier molecular flexibility index (Phi) is 5.72. The minimum absolute atomic E-state index is 0.0977. The van der Waals surface area contributed by atoms with Crippen LogP contribution < -0.4 is 5.32 Å². The number of nitrogens with one attached hydrogen (secondary N) is 1.